The van der Waals surface area contributed by atoms with Gasteiger partial charge in [-0.2, -0.15) is 0 Å². The number of ether oxygens (including phenoxy) is 1. The van der Waals surface area contributed by atoms with E-state index >= 15 is 0 Å². The summed E-state index contributed by atoms with van der Waals surface area (Å²) < 4.78 is 6.60. The van der Waals surface area contributed by atoms with E-state index in [4.69, 9.17) is 10.5 Å². The van der Waals surface area contributed by atoms with Crippen LogP contribution in [-0.2, 0) is 16.1 Å². The Hall–Kier alpha value is -1.43. The monoisotopic (exact) mass is 304 g/mol. The molecule has 1 saturated heterocycles. The molecule has 1 aliphatic rings. The van der Waals surface area contributed by atoms with Crippen LogP contribution in [-0.4, -0.2) is 25.7 Å². The number of nitrogens with two attached hydrogens (primary N) is 1. The molecular formula is C16H20N2O2S. The van der Waals surface area contributed by atoms with Crippen molar-refractivity contribution in [1.29, 1.82) is 0 Å². The number of rotatable bonds is 4. The zero-order valence-electron chi connectivity index (χ0n) is 11.9. The van der Waals surface area contributed by atoms with E-state index in [9.17, 15) is 4.79 Å². The van der Waals surface area contributed by atoms with E-state index in [0.29, 0.717) is 39.1 Å². The van der Waals surface area contributed by atoms with Gasteiger partial charge in [-0.05, 0) is 35.2 Å². The fourth-order valence-electron chi connectivity index (χ4n) is 2.82. The third-order valence-corrected chi connectivity index (χ3v) is 5.34. The lowest BCUT2D eigenvalue weighted by molar-refractivity contribution is -0.136. The van der Waals surface area contributed by atoms with E-state index in [-0.39, 0.29) is 5.91 Å². The lowest BCUT2D eigenvalue weighted by atomic mass is 9.79. The first-order valence-electron chi connectivity index (χ1n) is 7.26. The van der Waals surface area contributed by atoms with E-state index in [1.54, 1.807) is 11.3 Å². The minimum Gasteiger partial charge on any atom is -0.381 e. The van der Waals surface area contributed by atoms with Crippen LogP contribution in [0.25, 0.3) is 10.1 Å². The molecule has 4 nitrogen and oxygen atoms in total. The van der Waals surface area contributed by atoms with Gasteiger partial charge in [0.1, 0.15) is 0 Å². The van der Waals surface area contributed by atoms with Crippen molar-refractivity contribution in [3.8, 4) is 0 Å². The van der Waals surface area contributed by atoms with Gasteiger partial charge in [-0.15, -0.1) is 11.3 Å². The van der Waals surface area contributed by atoms with Gasteiger partial charge in [0.2, 0.25) is 5.91 Å². The van der Waals surface area contributed by atoms with Gasteiger partial charge in [0.25, 0.3) is 0 Å². The molecule has 0 saturated carbocycles. The second-order valence-electron chi connectivity index (χ2n) is 5.54. The summed E-state index contributed by atoms with van der Waals surface area (Å²) in [5.41, 5.74) is 6.58. The molecule has 1 aromatic carbocycles. The summed E-state index contributed by atoms with van der Waals surface area (Å²) in [7, 11) is 0. The Morgan fingerprint density at radius 3 is 2.86 bits per heavy atom. The zero-order valence-corrected chi connectivity index (χ0v) is 12.7. The first-order chi connectivity index (χ1) is 10.2. The van der Waals surface area contributed by atoms with Gasteiger partial charge in [-0.1, -0.05) is 18.2 Å². The summed E-state index contributed by atoms with van der Waals surface area (Å²) in [6.45, 7) is 2.18. The number of nitrogens with one attached hydrogen (secondary N) is 1. The highest BCUT2D eigenvalue weighted by molar-refractivity contribution is 7.17. The fourth-order valence-corrected chi connectivity index (χ4v) is 3.78. The summed E-state index contributed by atoms with van der Waals surface area (Å²) >= 11 is 1.71. The minimum absolute atomic E-state index is 0.0589. The summed E-state index contributed by atoms with van der Waals surface area (Å²) in [6, 6.07) is 8.26. The molecule has 0 spiro atoms. The average molecular weight is 304 g/mol. The molecule has 0 aliphatic carbocycles. The summed E-state index contributed by atoms with van der Waals surface area (Å²) in [4.78, 5) is 12.5. The molecule has 1 aliphatic heterocycles. The van der Waals surface area contributed by atoms with Crippen molar-refractivity contribution >= 4 is 27.3 Å². The highest BCUT2D eigenvalue weighted by atomic mass is 32.1. The Bertz CT molecular complexity index is 632. The van der Waals surface area contributed by atoms with Gasteiger partial charge < -0.3 is 15.8 Å². The van der Waals surface area contributed by atoms with Crippen LogP contribution in [0.3, 0.4) is 0 Å². The smallest absolute Gasteiger partial charge is 0.227 e. The topological polar surface area (TPSA) is 64.4 Å². The van der Waals surface area contributed by atoms with Crippen LogP contribution in [0.1, 0.15) is 18.4 Å². The molecule has 3 N–H and O–H groups in total. The SMILES string of the molecule is NCC1(C(=O)NCc2csc3ccccc23)CCOCC1. The largest absolute Gasteiger partial charge is 0.381 e. The van der Waals surface area contributed by atoms with Crippen LogP contribution in [0.15, 0.2) is 29.6 Å². The van der Waals surface area contributed by atoms with Gasteiger partial charge in [0.05, 0.1) is 5.41 Å². The molecule has 112 valence electrons. The Labute approximate surface area is 128 Å². The lowest BCUT2D eigenvalue weighted by Gasteiger charge is -2.34. The maximum absolute atomic E-state index is 12.5. The lowest BCUT2D eigenvalue weighted by Crippen LogP contribution is -2.48. The molecule has 21 heavy (non-hydrogen) atoms. The van der Waals surface area contributed by atoms with Crippen molar-refractivity contribution in [2.75, 3.05) is 19.8 Å². The Kier molecular flexibility index (Phi) is 4.24. The van der Waals surface area contributed by atoms with E-state index in [0.717, 1.165) is 0 Å². The first kappa shape index (κ1) is 14.5. The number of carbonyl (C=O) groups is 1. The van der Waals surface area contributed by atoms with Crippen LogP contribution in [0, 0.1) is 5.41 Å². The summed E-state index contributed by atoms with van der Waals surface area (Å²) in [5, 5.41) is 6.41. The predicted molar refractivity (Wildman–Crippen MR) is 85.2 cm³/mol. The first-order valence-corrected chi connectivity index (χ1v) is 8.14. The molecule has 0 unspecified atom stereocenters. The number of benzene rings is 1. The zero-order chi connectivity index (χ0) is 14.7. The van der Waals surface area contributed by atoms with Crippen molar-refractivity contribution in [3.05, 3.63) is 35.2 Å². The molecule has 3 rings (SSSR count). The van der Waals surface area contributed by atoms with Crippen LogP contribution < -0.4 is 11.1 Å². The molecule has 0 bridgehead atoms. The number of hydrogen-bond acceptors (Lipinski definition) is 4. The van der Waals surface area contributed by atoms with Crippen molar-refractivity contribution < 1.29 is 9.53 Å². The number of carbonyl (C=O) groups excluding carboxylic acids is 1. The Balaban J connectivity index is 1.70. The van der Waals surface area contributed by atoms with Gasteiger partial charge >= 0.3 is 0 Å². The van der Waals surface area contributed by atoms with E-state index in [1.165, 1.54) is 15.6 Å². The standard InChI is InChI=1S/C16H20N2O2S/c17-11-16(5-7-20-8-6-16)15(19)18-9-12-10-21-14-4-2-1-3-13(12)14/h1-4,10H,5-9,11,17H2,(H,18,19). The molecule has 0 atom stereocenters. The van der Waals surface area contributed by atoms with Crippen LogP contribution >= 0.6 is 11.3 Å². The summed E-state index contributed by atoms with van der Waals surface area (Å²) in [6.07, 6.45) is 1.42. The molecule has 0 radical (unpaired) electrons. The molecule has 1 aromatic heterocycles. The van der Waals surface area contributed by atoms with E-state index in [1.807, 2.05) is 12.1 Å². The maximum atomic E-state index is 12.5. The third kappa shape index (κ3) is 2.81. The molecule has 2 heterocycles. The van der Waals surface area contributed by atoms with Crippen molar-refractivity contribution in [2.45, 2.75) is 19.4 Å². The molecular weight excluding hydrogens is 284 g/mol. The highest BCUT2D eigenvalue weighted by Gasteiger charge is 2.38. The summed E-state index contributed by atoms with van der Waals surface area (Å²) in [5.74, 6) is 0.0589. The van der Waals surface area contributed by atoms with E-state index < -0.39 is 5.41 Å². The Morgan fingerprint density at radius 2 is 2.10 bits per heavy atom. The van der Waals surface area contributed by atoms with Crippen LogP contribution in [0.5, 0.6) is 0 Å². The third-order valence-electron chi connectivity index (χ3n) is 4.32. The molecule has 1 amide bonds. The average Bonchev–Trinajstić information content (AvgIpc) is 2.96. The van der Waals surface area contributed by atoms with E-state index in [2.05, 4.69) is 22.8 Å². The molecule has 2 aromatic rings. The minimum atomic E-state index is -0.454. The van der Waals surface area contributed by atoms with Gasteiger partial charge in [0, 0.05) is 31.0 Å². The molecule has 5 heteroatoms. The van der Waals surface area contributed by atoms with Gasteiger partial charge in [-0.3, -0.25) is 4.79 Å². The molecule has 1 fully saturated rings. The highest BCUT2D eigenvalue weighted by Crippen LogP contribution is 2.30. The second kappa shape index (κ2) is 6.13. The van der Waals surface area contributed by atoms with Crippen LogP contribution in [0.2, 0.25) is 0 Å². The maximum Gasteiger partial charge on any atom is 0.227 e. The van der Waals surface area contributed by atoms with Gasteiger partial charge in [0.15, 0.2) is 0 Å². The van der Waals surface area contributed by atoms with Crippen molar-refractivity contribution in [2.24, 2.45) is 11.1 Å². The number of hydrogen-bond donors (Lipinski definition) is 2. The second-order valence-corrected chi connectivity index (χ2v) is 6.45. The Morgan fingerprint density at radius 1 is 1.33 bits per heavy atom. The van der Waals surface area contributed by atoms with Gasteiger partial charge in [-0.25, -0.2) is 0 Å². The number of amides is 1. The number of thiophene rings is 1. The normalized spacial score (nSPS) is 17.8. The number of fused-ring (bicyclic) bond motifs is 1. The van der Waals surface area contributed by atoms with Crippen molar-refractivity contribution in [3.63, 3.8) is 0 Å². The van der Waals surface area contributed by atoms with Crippen molar-refractivity contribution in [1.82, 2.24) is 5.32 Å². The quantitative estimate of drug-likeness (QED) is 0.911. The van der Waals surface area contributed by atoms with Crippen LogP contribution in [0.4, 0.5) is 0 Å². The fraction of sp³-hybridized carbons (Fsp3) is 0.438. The predicted octanol–water partition coefficient (Wildman–Crippen LogP) is 2.27.